The number of carbonyl (C=O) groups excluding carboxylic acids is 5. The van der Waals surface area contributed by atoms with Gasteiger partial charge < -0.3 is 21.3 Å². The minimum absolute atomic E-state index is 0.00198. The van der Waals surface area contributed by atoms with Gasteiger partial charge in [0, 0.05) is 31.5 Å². The molecule has 3 rings (SSSR count). The van der Waals surface area contributed by atoms with Gasteiger partial charge in [-0.1, -0.05) is 125 Å². The molecule has 0 radical (unpaired) electrons. The summed E-state index contributed by atoms with van der Waals surface area (Å²) in [6, 6.07) is 16.3. The van der Waals surface area contributed by atoms with Crippen LogP contribution in [0.3, 0.4) is 0 Å². The summed E-state index contributed by atoms with van der Waals surface area (Å²) in [7, 11) is 0. The number of hydrogen-bond acceptors (Lipinski definition) is 5. The van der Waals surface area contributed by atoms with Crippen molar-refractivity contribution in [1.82, 2.24) is 21.3 Å². The smallest absolute Gasteiger partial charge is 0.289 e. The summed E-state index contributed by atoms with van der Waals surface area (Å²) in [4.78, 5) is 65.8. The van der Waals surface area contributed by atoms with Gasteiger partial charge in [-0.2, -0.15) is 0 Å². The maximum Gasteiger partial charge on any atom is 0.289 e. The normalized spacial score (nSPS) is 15.7. The molecule has 0 saturated carbocycles. The van der Waals surface area contributed by atoms with Gasteiger partial charge in [-0.25, -0.2) is 0 Å². The molecule has 1 fully saturated rings. The second-order valence-corrected chi connectivity index (χ2v) is 12.7. The molecule has 0 bridgehead atoms. The Morgan fingerprint density at radius 3 is 2.08 bits per heavy atom. The van der Waals surface area contributed by atoms with Crippen molar-refractivity contribution in [1.29, 1.82) is 0 Å². The Morgan fingerprint density at radius 2 is 1.44 bits per heavy atom. The van der Waals surface area contributed by atoms with E-state index >= 15 is 0 Å². The van der Waals surface area contributed by atoms with E-state index in [1.807, 2.05) is 60.7 Å². The minimum atomic E-state index is -1.21. The molecular formula is C39H54N4O5. The van der Waals surface area contributed by atoms with Crippen molar-refractivity contribution in [3.05, 3.63) is 77.9 Å². The SMILES string of the molecule is CCCCCCCCCCCCNC(=O)C(=O)[C@H](C[C@@H]1CCCNC1=O)NC(=O)[C@H](Cc1ccccc1)NC(=O)/C=C/c1ccccc1. The molecule has 260 valence electrons. The number of rotatable bonds is 22. The van der Waals surface area contributed by atoms with Crippen molar-refractivity contribution in [2.45, 2.75) is 109 Å². The zero-order valence-corrected chi connectivity index (χ0v) is 28.5. The molecule has 2 aromatic carbocycles. The monoisotopic (exact) mass is 658 g/mol. The zero-order valence-electron chi connectivity index (χ0n) is 28.5. The van der Waals surface area contributed by atoms with E-state index in [0.29, 0.717) is 19.5 Å². The summed E-state index contributed by atoms with van der Waals surface area (Å²) in [5.74, 6) is -3.35. The van der Waals surface area contributed by atoms with Crippen LogP contribution in [-0.4, -0.2) is 54.6 Å². The van der Waals surface area contributed by atoms with Crippen LogP contribution in [0.15, 0.2) is 66.7 Å². The number of Topliss-reactive ketones (excluding diaryl/α,β-unsaturated/α-hetero) is 1. The van der Waals surface area contributed by atoms with Crippen LogP contribution in [0.2, 0.25) is 0 Å². The molecule has 9 heteroatoms. The van der Waals surface area contributed by atoms with Crippen LogP contribution in [0, 0.1) is 5.92 Å². The first-order valence-corrected chi connectivity index (χ1v) is 17.8. The van der Waals surface area contributed by atoms with E-state index in [1.165, 1.54) is 51.0 Å². The number of carbonyl (C=O) groups is 5. The van der Waals surface area contributed by atoms with Crippen LogP contribution in [0.1, 0.15) is 102 Å². The predicted molar refractivity (Wildman–Crippen MR) is 190 cm³/mol. The lowest BCUT2D eigenvalue weighted by Crippen LogP contribution is -2.55. The number of amides is 4. The topological polar surface area (TPSA) is 133 Å². The Labute approximate surface area is 286 Å². The van der Waals surface area contributed by atoms with Crippen molar-refractivity contribution < 1.29 is 24.0 Å². The fourth-order valence-corrected chi connectivity index (χ4v) is 5.92. The van der Waals surface area contributed by atoms with Crippen molar-refractivity contribution >= 4 is 35.5 Å². The molecule has 1 heterocycles. The average Bonchev–Trinajstić information content (AvgIpc) is 3.10. The summed E-state index contributed by atoms with van der Waals surface area (Å²) in [5.41, 5.74) is 1.64. The molecule has 0 aromatic heterocycles. The van der Waals surface area contributed by atoms with Crippen molar-refractivity contribution in [2.24, 2.45) is 5.92 Å². The van der Waals surface area contributed by atoms with Gasteiger partial charge in [0.25, 0.3) is 5.91 Å². The second-order valence-electron chi connectivity index (χ2n) is 12.7. The number of unbranched alkanes of at least 4 members (excludes halogenated alkanes) is 9. The summed E-state index contributed by atoms with van der Waals surface area (Å²) >= 11 is 0. The highest BCUT2D eigenvalue weighted by molar-refractivity contribution is 6.38. The third-order valence-corrected chi connectivity index (χ3v) is 8.73. The molecule has 1 aliphatic rings. The van der Waals surface area contributed by atoms with E-state index in [-0.39, 0.29) is 18.7 Å². The second kappa shape index (κ2) is 22.3. The lowest BCUT2D eigenvalue weighted by molar-refractivity contribution is -0.141. The molecule has 3 atom stereocenters. The average molecular weight is 659 g/mol. The standard InChI is InChI=1S/C39H54N4O5/c1-2-3-4-5-6-7-8-9-10-17-26-41-39(48)36(45)33(29-32-23-18-27-40-37(32)46)43-38(47)34(28-31-21-15-12-16-22-31)42-35(44)25-24-30-19-13-11-14-20-30/h11-16,19-22,24-25,32-34H,2-10,17-18,23,26-29H2,1H3,(H,40,46)(H,41,48)(H,42,44)(H,43,47)/b25-24+/t32-,33-,34-/m0/s1. The van der Waals surface area contributed by atoms with Crippen molar-refractivity contribution in [3.8, 4) is 0 Å². The number of ketones is 1. The Bertz CT molecular complexity index is 1310. The van der Waals surface area contributed by atoms with Crippen molar-refractivity contribution in [3.63, 3.8) is 0 Å². The van der Waals surface area contributed by atoms with E-state index in [2.05, 4.69) is 28.2 Å². The number of benzene rings is 2. The van der Waals surface area contributed by atoms with Gasteiger partial charge >= 0.3 is 0 Å². The zero-order chi connectivity index (χ0) is 34.4. The lowest BCUT2D eigenvalue weighted by atomic mass is 9.89. The Morgan fingerprint density at radius 1 is 0.812 bits per heavy atom. The number of nitrogens with one attached hydrogen (secondary N) is 4. The molecule has 4 N–H and O–H groups in total. The van der Waals surface area contributed by atoms with Gasteiger partial charge in [0.15, 0.2) is 0 Å². The van der Waals surface area contributed by atoms with E-state index < -0.39 is 41.5 Å². The molecule has 0 unspecified atom stereocenters. The van der Waals surface area contributed by atoms with Gasteiger partial charge in [0.05, 0.1) is 6.04 Å². The van der Waals surface area contributed by atoms with Gasteiger partial charge in [-0.15, -0.1) is 0 Å². The van der Waals surface area contributed by atoms with Gasteiger partial charge in [-0.05, 0) is 42.9 Å². The summed E-state index contributed by atoms with van der Waals surface area (Å²) in [6.07, 6.45) is 16.1. The highest BCUT2D eigenvalue weighted by Gasteiger charge is 2.34. The van der Waals surface area contributed by atoms with Crippen LogP contribution in [0.25, 0.3) is 6.08 Å². The fraction of sp³-hybridized carbons (Fsp3) is 0.513. The van der Waals surface area contributed by atoms with Crippen LogP contribution < -0.4 is 21.3 Å². The molecule has 1 aliphatic heterocycles. The Balaban J connectivity index is 1.61. The molecule has 1 saturated heterocycles. The third-order valence-electron chi connectivity index (χ3n) is 8.73. The van der Waals surface area contributed by atoms with Gasteiger partial charge in [0.2, 0.25) is 23.5 Å². The quantitative estimate of drug-likeness (QED) is 0.0761. The molecular weight excluding hydrogens is 604 g/mol. The molecule has 9 nitrogen and oxygen atoms in total. The highest BCUT2D eigenvalue weighted by atomic mass is 16.2. The van der Waals surface area contributed by atoms with Crippen LogP contribution >= 0.6 is 0 Å². The largest absolute Gasteiger partial charge is 0.356 e. The summed E-state index contributed by atoms with van der Waals surface area (Å²) in [5, 5.41) is 11.0. The van der Waals surface area contributed by atoms with E-state index in [1.54, 1.807) is 6.08 Å². The summed E-state index contributed by atoms with van der Waals surface area (Å²) in [6.45, 7) is 3.14. The molecule has 0 spiro atoms. The predicted octanol–water partition coefficient (Wildman–Crippen LogP) is 5.43. The van der Waals surface area contributed by atoms with Gasteiger partial charge in [0.1, 0.15) is 6.04 Å². The number of hydrogen-bond donors (Lipinski definition) is 4. The molecule has 2 aromatic rings. The van der Waals surface area contributed by atoms with Crippen LogP contribution in [0.5, 0.6) is 0 Å². The third kappa shape index (κ3) is 14.7. The van der Waals surface area contributed by atoms with Crippen LogP contribution in [0.4, 0.5) is 0 Å². The number of piperidine rings is 1. The maximum absolute atomic E-state index is 13.7. The first-order valence-electron chi connectivity index (χ1n) is 17.8. The molecule has 0 aliphatic carbocycles. The van der Waals surface area contributed by atoms with Crippen LogP contribution in [-0.2, 0) is 30.4 Å². The molecule has 48 heavy (non-hydrogen) atoms. The maximum atomic E-state index is 13.7. The van der Waals surface area contributed by atoms with E-state index in [9.17, 15) is 24.0 Å². The van der Waals surface area contributed by atoms with E-state index in [0.717, 1.165) is 36.8 Å². The summed E-state index contributed by atoms with van der Waals surface area (Å²) < 4.78 is 0. The van der Waals surface area contributed by atoms with E-state index in [4.69, 9.17) is 0 Å². The van der Waals surface area contributed by atoms with Crippen molar-refractivity contribution in [2.75, 3.05) is 13.1 Å². The fourth-order valence-electron chi connectivity index (χ4n) is 5.92. The Kier molecular flexibility index (Phi) is 17.8. The minimum Gasteiger partial charge on any atom is -0.356 e. The van der Waals surface area contributed by atoms with Gasteiger partial charge in [-0.3, -0.25) is 24.0 Å². The molecule has 4 amide bonds. The first-order chi connectivity index (χ1) is 23.4. The first kappa shape index (κ1) is 38.2. The highest BCUT2D eigenvalue weighted by Crippen LogP contribution is 2.19. The Hall–Kier alpha value is -4.27. The lowest BCUT2D eigenvalue weighted by Gasteiger charge is -2.27.